The molecule has 1 fully saturated rings. The quantitative estimate of drug-likeness (QED) is 0.857. The molecule has 0 aliphatic carbocycles. The Bertz CT molecular complexity index is 510. The van der Waals surface area contributed by atoms with Crippen LogP contribution in [0.3, 0.4) is 0 Å². The molecule has 4 heteroatoms. The van der Waals surface area contributed by atoms with Gasteiger partial charge >= 0.3 is 0 Å². The Morgan fingerprint density at radius 3 is 2.81 bits per heavy atom. The van der Waals surface area contributed by atoms with E-state index in [0.717, 1.165) is 32.7 Å². The second-order valence-electron chi connectivity index (χ2n) is 5.89. The van der Waals surface area contributed by atoms with Gasteiger partial charge in [0.1, 0.15) is 0 Å². The summed E-state index contributed by atoms with van der Waals surface area (Å²) in [6.45, 7) is 7.07. The fraction of sp³-hybridized carbons (Fsp3) is 0.588. The van der Waals surface area contributed by atoms with Crippen molar-refractivity contribution in [2.24, 2.45) is 0 Å². The molecule has 1 aromatic carbocycles. The molecule has 2 heterocycles. The van der Waals surface area contributed by atoms with Crippen molar-refractivity contribution >= 4 is 17.7 Å². The number of nitrogens with zero attached hydrogens (tertiary/aromatic N) is 2. The highest BCUT2D eigenvalue weighted by Crippen LogP contribution is 2.30. The van der Waals surface area contributed by atoms with Crippen LogP contribution in [0.2, 0.25) is 0 Å². The van der Waals surface area contributed by atoms with Gasteiger partial charge in [-0.05, 0) is 42.3 Å². The maximum Gasteiger partial charge on any atom is 0.227 e. The van der Waals surface area contributed by atoms with Crippen molar-refractivity contribution in [3.63, 3.8) is 0 Å². The third-order valence-corrected chi connectivity index (χ3v) is 5.70. The first-order chi connectivity index (χ1) is 10.3. The number of carbonyl (C=O) groups is 1. The first-order valence-corrected chi connectivity index (χ1v) is 8.99. The molecule has 0 N–H and O–H groups in total. The molecule has 3 rings (SSSR count). The van der Waals surface area contributed by atoms with Crippen LogP contribution in [0.15, 0.2) is 23.1 Å². The zero-order valence-corrected chi connectivity index (χ0v) is 13.6. The number of piperazine rings is 1. The summed E-state index contributed by atoms with van der Waals surface area (Å²) in [6.07, 6.45) is 2.98. The zero-order chi connectivity index (χ0) is 14.7. The standard InChI is InChI=1S/C17H24N2OS/c1-2-18-7-9-19(10-8-18)17(20)13-14-5-6-16-15(12-14)4-3-11-21-16/h5-6,12H,2-4,7-11,13H2,1H3. The first kappa shape index (κ1) is 14.9. The number of thioether (sulfide) groups is 1. The molecule has 2 aliphatic heterocycles. The van der Waals surface area contributed by atoms with E-state index in [1.54, 1.807) is 0 Å². The second-order valence-corrected chi connectivity index (χ2v) is 7.02. The fourth-order valence-corrected chi connectivity index (χ4v) is 4.14. The second kappa shape index (κ2) is 6.84. The van der Waals surface area contributed by atoms with E-state index in [2.05, 4.69) is 30.0 Å². The van der Waals surface area contributed by atoms with E-state index in [-0.39, 0.29) is 5.91 Å². The number of fused-ring (bicyclic) bond motifs is 1. The monoisotopic (exact) mass is 304 g/mol. The molecule has 3 nitrogen and oxygen atoms in total. The smallest absolute Gasteiger partial charge is 0.227 e. The lowest BCUT2D eigenvalue weighted by Gasteiger charge is -2.34. The van der Waals surface area contributed by atoms with Crippen molar-refractivity contribution in [2.45, 2.75) is 31.1 Å². The Morgan fingerprint density at radius 2 is 2.05 bits per heavy atom. The van der Waals surface area contributed by atoms with Crippen LogP contribution in [-0.2, 0) is 17.6 Å². The van der Waals surface area contributed by atoms with Gasteiger partial charge in [0, 0.05) is 31.1 Å². The molecule has 1 aromatic rings. The molecule has 0 radical (unpaired) electrons. The zero-order valence-electron chi connectivity index (χ0n) is 12.8. The SMILES string of the molecule is CCN1CCN(C(=O)Cc2ccc3c(c2)CCCS3)CC1. The largest absolute Gasteiger partial charge is 0.340 e. The topological polar surface area (TPSA) is 23.6 Å². The summed E-state index contributed by atoms with van der Waals surface area (Å²) >= 11 is 1.95. The van der Waals surface area contributed by atoms with Crippen LogP contribution in [-0.4, -0.2) is 54.2 Å². The van der Waals surface area contributed by atoms with Gasteiger partial charge in [0.15, 0.2) is 0 Å². The summed E-state index contributed by atoms with van der Waals surface area (Å²) < 4.78 is 0. The van der Waals surface area contributed by atoms with Crippen LogP contribution in [0.4, 0.5) is 0 Å². The van der Waals surface area contributed by atoms with E-state index in [4.69, 9.17) is 0 Å². The predicted octanol–water partition coefficient (Wildman–Crippen LogP) is 2.43. The van der Waals surface area contributed by atoms with Crippen molar-refractivity contribution in [3.8, 4) is 0 Å². The minimum absolute atomic E-state index is 0.286. The molecule has 0 unspecified atom stereocenters. The molecule has 0 saturated carbocycles. The first-order valence-electron chi connectivity index (χ1n) is 8.01. The molecule has 0 atom stereocenters. The molecular formula is C17H24N2OS. The van der Waals surface area contributed by atoms with Gasteiger partial charge in [-0.1, -0.05) is 19.1 Å². The van der Waals surface area contributed by atoms with Gasteiger partial charge in [0.2, 0.25) is 5.91 Å². The average molecular weight is 304 g/mol. The maximum atomic E-state index is 12.4. The van der Waals surface area contributed by atoms with Gasteiger partial charge in [-0.2, -0.15) is 0 Å². The Morgan fingerprint density at radius 1 is 1.24 bits per heavy atom. The van der Waals surface area contributed by atoms with Crippen molar-refractivity contribution in [3.05, 3.63) is 29.3 Å². The maximum absolute atomic E-state index is 12.4. The van der Waals surface area contributed by atoms with Gasteiger partial charge in [0.25, 0.3) is 0 Å². The van der Waals surface area contributed by atoms with Crippen molar-refractivity contribution in [1.29, 1.82) is 0 Å². The minimum atomic E-state index is 0.286. The van der Waals surface area contributed by atoms with Gasteiger partial charge in [-0.3, -0.25) is 4.79 Å². The number of rotatable bonds is 3. The fourth-order valence-electron chi connectivity index (χ4n) is 3.12. The van der Waals surface area contributed by atoms with E-state index in [9.17, 15) is 4.79 Å². The highest BCUT2D eigenvalue weighted by molar-refractivity contribution is 7.99. The molecule has 114 valence electrons. The molecule has 21 heavy (non-hydrogen) atoms. The predicted molar refractivity (Wildman–Crippen MR) is 87.9 cm³/mol. The van der Waals surface area contributed by atoms with Crippen molar-refractivity contribution in [1.82, 2.24) is 9.80 Å². The summed E-state index contributed by atoms with van der Waals surface area (Å²) in [4.78, 5) is 18.3. The Hall–Kier alpha value is -1.00. The Balaban J connectivity index is 1.60. The van der Waals surface area contributed by atoms with Gasteiger partial charge < -0.3 is 9.80 Å². The number of likely N-dealkylation sites (N-methyl/N-ethyl adjacent to an activating group) is 1. The number of aryl methyl sites for hydroxylation is 1. The summed E-state index contributed by atoms with van der Waals surface area (Å²) in [5, 5.41) is 0. The summed E-state index contributed by atoms with van der Waals surface area (Å²) in [7, 11) is 0. The van der Waals surface area contributed by atoms with E-state index in [1.165, 1.54) is 34.6 Å². The van der Waals surface area contributed by atoms with E-state index in [1.807, 2.05) is 16.7 Å². The van der Waals surface area contributed by atoms with Crippen LogP contribution < -0.4 is 0 Å². The highest BCUT2D eigenvalue weighted by atomic mass is 32.2. The van der Waals surface area contributed by atoms with E-state index in [0.29, 0.717) is 6.42 Å². The Kier molecular flexibility index (Phi) is 4.86. The van der Waals surface area contributed by atoms with Crippen LogP contribution >= 0.6 is 11.8 Å². The lowest BCUT2D eigenvalue weighted by molar-refractivity contribution is -0.132. The molecule has 0 bridgehead atoms. The average Bonchev–Trinajstić information content (AvgIpc) is 2.55. The molecular weight excluding hydrogens is 280 g/mol. The highest BCUT2D eigenvalue weighted by Gasteiger charge is 2.20. The Labute approximate surface area is 131 Å². The normalized spacial score (nSPS) is 19.4. The summed E-state index contributed by atoms with van der Waals surface area (Å²) in [5.74, 6) is 1.52. The number of hydrogen-bond acceptors (Lipinski definition) is 3. The molecule has 0 spiro atoms. The number of hydrogen-bond donors (Lipinski definition) is 0. The lowest BCUT2D eigenvalue weighted by atomic mass is 10.0. The minimum Gasteiger partial charge on any atom is -0.340 e. The molecule has 1 amide bonds. The number of amides is 1. The number of benzene rings is 1. The third-order valence-electron chi connectivity index (χ3n) is 4.50. The van der Waals surface area contributed by atoms with Crippen molar-refractivity contribution < 1.29 is 4.79 Å². The molecule has 1 saturated heterocycles. The van der Waals surface area contributed by atoms with Crippen LogP contribution in [0.25, 0.3) is 0 Å². The van der Waals surface area contributed by atoms with E-state index >= 15 is 0 Å². The summed E-state index contributed by atoms with van der Waals surface area (Å²) in [5.41, 5.74) is 2.62. The van der Waals surface area contributed by atoms with E-state index < -0.39 is 0 Å². The van der Waals surface area contributed by atoms with Gasteiger partial charge in [-0.15, -0.1) is 11.8 Å². The van der Waals surface area contributed by atoms with Crippen LogP contribution in [0, 0.1) is 0 Å². The molecule has 0 aromatic heterocycles. The molecule has 2 aliphatic rings. The van der Waals surface area contributed by atoms with Crippen LogP contribution in [0.5, 0.6) is 0 Å². The summed E-state index contributed by atoms with van der Waals surface area (Å²) in [6, 6.07) is 6.59. The lowest BCUT2D eigenvalue weighted by Crippen LogP contribution is -2.48. The van der Waals surface area contributed by atoms with Crippen molar-refractivity contribution in [2.75, 3.05) is 38.5 Å². The van der Waals surface area contributed by atoms with Gasteiger partial charge in [0.05, 0.1) is 6.42 Å². The third kappa shape index (κ3) is 3.61. The number of carbonyl (C=O) groups excluding carboxylic acids is 1. The van der Waals surface area contributed by atoms with Crippen LogP contribution in [0.1, 0.15) is 24.5 Å². The van der Waals surface area contributed by atoms with Gasteiger partial charge in [-0.25, -0.2) is 0 Å².